The molecule has 2 N–H and O–H groups in total. The first-order valence-corrected chi connectivity index (χ1v) is 8.59. The van der Waals surface area contributed by atoms with E-state index in [0.29, 0.717) is 21.6 Å². The van der Waals surface area contributed by atoms with Crippen molar-refractivity contribution in [2.75, 3.05) is 18.4 Å². The van der Waals surface area contributed by atoms with Crippen molar-refractivity contribution in [2.45, 2.75) is 12.8 Å². The summed E-state index contributed by atoms with van der Waals surface area (Å²) in [5.74, 6) is 0.0708. The van der Waals surface area contributed by atoms with Crippen molar-refractivity contribution in [1.29, 1.82) is 0 Å². The molecule has 1 saturated heterocycles. The molecule has 4 nitrogen and oxygen atoms in total. The summed E-state index contributed by atoms with van der Waals surface area (Å²) < 4.78 is 0. The van der Waals surface area contributed by atoms with Crippen molar-refractivity contribution in [1.82, 2.24) is 10.3 Å². The second-order valence-electron chi connectivity index (χ2n) is 5.22. The number of aromatic nitrogens is 1. The van der Waals surface area contributed by atoms with Gasteiger partial charge in [-0.3, -0.25) is 4.79 Å². The van der Waals surface area contributed by atoms with E-state index in [0.717, 1.165) is 30.0 Å². The first kappa shape index (κ1) is 18.5. The molecule has 2 aromatic rings. The second-order valence-corrected chi connectivity index (χ2v) is 7.18. The lowest BCUT2D eigenvalue weighted by atomic mass is 10.1. The molecule has 124 valence electrons. The maximum absolute atomic E-state index is 12.1. The molecule has 1 unspecified atom stereocenters. The maximum atomic E-state index is 12.1. The summed E-state index contributed by atoms with van der Waals surface area (Å²) in [5, 5.41) is 8.04. The molecular weight excluding hydrogens is 377 g/mol. The third kappa shape index (κ3) is 4.81. The highest BCUT2D eigenvalue weighted by Gasteiger charge is 2.23. The minimum Gasteiger partial charge on any atom is -0.316 e. The molecule has 1 aromatic heterocycles. The van der Waals surface area contributed by atoms with Gasteiger partial charge in [-0.15, -0.1) is 23.7 Å². The van der Waals surface area contributed by atoms with Gasteiger partial charge in [0.1, 0.15) is 0 Å². The van der Waals surface area contributed by atoms with Crippen molar-refractivity contribution < 1.29 is 4.79 Å². The highest BCUT2D eigenvalue weighted by molar-refractivity contribution is 7.15. The van der Waals surface area contributed by atoms with Crippen LogP contribution in [0.1, 0.15) is 16.9 Å². The summed E-state index contributed by atoms with van der Waals surface area (Å²) in [5.41, 5.74) is 0.954. The van der Waals surface area contributed by atoms with Gasteiger partial charge in [0.2, 0.25) is 5.91 Å². The van der Waals surface area contributed by atoms with Crippen LogP contribution in [-0.2, 0) is 11.2 Å². The second kappa shape index (κ2) is 8.31. The Hall–Kier alpha value is -0.850. The molecule has 0 aliphatic carbocycles. The third-order valence-corrected chi connectivity index (χ3v) is 5.10. The van der Waals surface area contributed by atoms with E-state index in [9.17, 15) is 4.79 Å². The predicted molar refractivity (Wildman–Crippen MR) is 98.2 cm³/mol. The average Bonchev–Trinajstić information content (AvgIpc) is 3.14. The molecule has 3 rings (SSSR count). The number of hydrogen-bond donors (Lipinski definition) is 2. The molecule has 23 heavy (non-hydrogen) atoms. The van der Waals surface area contributed by atoms with Gasteiger partial charge in [0.15, 0.2) is 5.13 Å². The first-order chi connectivity index (χ1) is 10.6. The average molecular weight is 393 g/mol. The lowest BCUT2D eigenvalue weighted by molar-refractivity contribution is -0.119. The van der Waals surface area contributed by atoms with Crippen LogP contribution in [0.25, 0.3) is 0 Å². The Morgan fingerprint density at radius 2 is 2.26 bits per heavy atom. The van der Waals surface area contributed by atoms with Gasteiger partial charge in [-0.05, 0) is 36.7 Å². The van der Waals surface area contributed by atoms with Crippen LogP contribution in [0.2, 0.25) is 10.0 Å². The molecule has 0 saturated carbocycles. The number of halogens is 3. The summed E-state index contributed by atoms with van der Waals surface area (Å²) in [6.45, 7) is 1.64. The summed E-state index contributed by atoms with van der Waals surface area (Å²) in [6.07, 6.45) is 3.30. The highest BCUT2D eigenvalue weighted by Crippen LogP contribution is 2.27. The van der Waals surface area contributed by atoms with Crippen molar-refractivity contribution in [3.63, 3.8) is 0 Å². The number of carbonyl (C=O) groups excluding carboxylic acids is 1. The van der Waals surface area contributed by atoms with Gasteiger partial charge in [-0.1, -0.05) is 23.2 Å². The van der Waals surface area contributed by atoms with E-state index < -0.39 is 0 Å². The minimum absolute atomic E-state index is 0. The van der Waals surface area contributed by atoms with Crippen LogP contribution in [-0.4, -0.2) is 24.0 Å². The van der Waals surface area contributed by atoms with E-state index in [1.807, 2.05) is 6.07 Å². The Morgan fingerprint density at radius 3 is 3.00 bits per heavy atom. The monoisotopic (exact) mass is 391 g/mol. The minimum atomic E-state index is 0. The number of thiazole rings is 1. The lowest BCUT2D eigenvalue weighted by Gasteiger charge is -2.06. The molecule has 0 spiro atoms. The van der Waals surface area contributed by atoms with Gasteiger partial charge < -0.3 is 10.6 Å². The van der Waals surface area contributed by atoms with Crippen LogP contribution in [0.3, 0.4) is 0 Å². The smallest absolute Gasteiger partial charge is 0.230 e. The Bertz CT molecular complexity index is 686. The molecule has 8 heteroatoms. The summed E-state index contributed by atoms with van der Waals surface area (Å²) in [6, 6.07) is 5.41. The molecular formula is C15H16Cl3N3OS. The number of amides is 1. The maximum Gasteiger partial charge on any atom is 0.230 e. The van der Waals surface area contributed by atoms with E-state index in [1.54, 1.807) is 18.3 Å². The van der Waals surface area contributed by atoms with Gasteiger partial charge in [-0.25, -0.2) is 4.98 Å². The number of carbonyl (C=O) groups is 1. The van der Waals surface area contributed by atoms with Crippen molar-refractivity contribution >= 4 is 58.0 Å². The SMILES string of the molecule is Cl.O=C(Nc1ncc(Cc2cc(Cl)ccc2Cl)s1)C1CCNC1. The normalized spacial score (nSPS) is 16.9. The van der Waals surface area contributed by atoms with E-state index >= 15 is 0 Å². The molecule has 1 aromatic carbocycles. The van der Waals surface area contributed by atoms with Crippen molar-refractivity contribution in [3.05, 3.63) is 44.9 Å². The Labute approximate surface area is 155 Å². The van der Waals surface area contributed by atoms with Crippen LogP contribution in [0, 0.1) is 5.92 Å². The van der Waals surface area contributed by atoms with Crippen molar-refractivity contribution in [2.24, 2.45) is 5.92 Å². The zero-order valence-corrected chi connectivity index (χ0v) is 15.3. The van der Waals surface area contributed by atoms with Crippen LogP contribution in [0.4, 0.5) is 5.13 Å². The lowest BCUT2D eigenvalue weighted by Crippen LogP contribution is -2.24. The fraction of sp³-hybridized carbons (Fsp3) is 0.333. The van der Waals surface area contributed by atoms with E-state index in [-0.39, 0.29) is 24.2 Å². The molecule has 1 aliphatic rings. The van der Waals surface area contributed by atoms with Gasteiger partial charge in [-0.2, -0.15) is 0 Å². The molecule has 0 bridgehead atoms. The van der Waals surface area contributed by atoms with Crippen LogP contribution < -0.4 is 10.6 Å². The molecule has 1 aliphatic heterocycles. The molecule has 1 amide bonds. The van der Waals surface area contributed by atoms with Crippen LogP contribution in [0.5, 0.6) is 0 Å². The standard InChI is InChI=1S/C15H15Cl2N3OS.ClH/c16-11-1-2-13(17)10(5-11)6-12-8-19-15(22-12)20-14(21)9-3-4-18-7-9;/h1-2,5,8-9,18H,3-4,6-7H2,(H,19,20,21);1H. The molecule has 1 fully saturated rings. The van der Waals surface area contributed by atoms with Gasteiger partial charge in [0.05, 0.1) is 5.92 Å². The van der Waals surface area contributed by atoms with Gasteiger partial charge in [0, 0.05) is 34.1 Å². The van der Waals surface area contributed by atoms with Crippen LogP contribution >= 0.6 is 46.9 Å². The predicted octanol–water partition coefficient (Wildman–Crippen LogP) is 4.01. The molecule has 1 atom stereocenters. The number of benzene rings is 1. The van der Waals surface area contributed by atoms with Gasteiger partial charge in [0.25, 0.3) is 0 Å². The number of anilines is 1. The van der Waals surface area contributed by atoms with E-state index in [1.165, 1.54) is 11.3 Å². The fourth-order valence-corrected chi connectivity index (χ4v) is 3.62. The fourth-order valence-electron chi connectivity index (χ4n) is 2.40. The number of rotatable bonds is 4. The van der Waals surface area contributed by atoms with Gasteiger partial charge >= 0.3 is 0 Å². The van der Waals surface area contributed by atoms with E-state index in [2.05, 4.69) is 15.6 Å². The molecule has 0 radical (unpaired) electrons. The molecule has 2 heterocycles. The van der Waals surface area contributed by atoms with Crippen molar-refractivity contribution in [3.8, 4) is 0 Å². The highest BCUT2D eigenvalue weighted by atomic mass is 35.5. The number of nitrogens with one attached hydrogen (secondary N) is 2. The quantitative estimate of drug-likeness (QED) is 0.826. The number of hydrogen-bond acceptors (Lipinski definition) is 4. The Kier molecular flexibility index (Phi) is 6.68. The third-order valence-electron chi connectivity index (χ3n) is 3.59. The Balaban J connectivity index is 0.00000192. The zero-order valence-electron chi connectivity index (χ0n) is 12.1. The summed E-state index contributed by atoms with van der Waals surface area (Å²) in [7, 11) is 0. The summed E-state index contributed by atoms with van der Waals surface area (Å²) >= 11 is 13.6. The number of nitrogens with zero attached hydrogens (tertiary/aromatic N) is 1. The topological polar surface area (TPSA) is 54.0 Å². The largest absolute Gasteiger partial charge is 0.316 e. The Morgan fingerprint density at radius 1 is 1.43 bits per heavy atom. The summed E-state index contributed by atoms with van der Waals surface area (Å²) in [4.78, 5) is 17.4. The first-order valence-electron chi connectivity index (χ1n) is 7.02. The zero-order chi connectivity index (χ0) is 15.5. The van der Waals surface area contributed by atoms with Crippen LogP contribution in [0.15, 0.2) is 24.4 Å². The van der Waals surface area contributed by atoms with E-state index in [4.69, 9.17) is 23.2 Å².